The Hall–Kier alpha value is -1.20. The zero-order valence-corrected chi connectivity index (χ0v) is 9.56. The van der Waals surface area contributed by atoms with Gasteiger partial charge in [0.2, 0.25) is 0 Å². The Kier molecular flexibility index (Phi) is 2.49. The molecule has 5 heteroatoms. The Labute approximate surface area is 97.0 Å². The van der Waals surface area contributed by atoms with Crippen molar-refractivity contribution in [1.82, 2.24) is 9.69 Å². The number of hydrogen-bond donors (Lipinski definition) is 1. The second-order valence-corrected chi connectivity index (χ2v) is 4.63. The summed E-state index contributed by atoms with van der Waals surface area (Å²) in [6.07, 6.45) is 0. The van der Waals surface area contributed by atoms with E-state index in [2.05, 4.69) is 14.6 Å². The third-order valence-electron chi connectivity index (χ3n) is 2.85. The number of halogens is 1. The van der Waals surface area contributed by atoms with E-state index in [-0.39, 0.29) is 5.82 Å². The molecule has 1 aromatic heterocycles. The maximum absolute atomic E-state index is 13.5. The van der Waals surface area contributed by atoms with Crippen LogP contribution >= 0.6 is 11.5 Å². The van der Waals surface area contributed by atoms with E-state index in [1.165, 1.54) is 17.6 Å². The van der Waals surface area contributed by atoms with E-state index < -0.39 is 0 Å². The minimum atomic E-state index is -0.170. The molecular formula is C11H12FN3S. The van der Waals surface area contributed by atoms with Gasteiger partial charge in [-0.2, -0.15) is 4.37 Å². The van der Waals surface area contributed by atoms with E-state index in [4.69, 9.17) is 0 Å². The first-order chi connectivity index (χ1) is 7.86. The number of benzene rings is 1. The molecule has 0 radical (unpaired) electrons. The summed E-state index contributed by atoms with van der Waals surface area (Å²) in [5.74, 6) is 0.761. The van der Waals surface area contributed by atoms with E-state index in [0.717, 1.165) is 37.4 Å². The summed E-state index contributed by atoms with van der Waals surface area (Å²) in [5.41, 5.74) is 0. The summed E-state index contributed by atoms with van der Waals surface area (Å²) in [5, 5.41) is 4.23. The molecular weight excluding hydrogens is 225 g/mol. The van der Waals surface area contributed by atoms with Gasteiger partial charge in [-0.3, -0.25) is 0 Å². The lowest BCUT2D eigenvalue weighted by atomic mass is 10.2. The number of hydrogen-bond acceptors (Lipinski definition) is 4. The van der Waals surface area contributed by atoms with E-state index >= 15 is 0 Å². The SMILES string of the molecule is Fc1cccc2c(N3CCNCC3)nsc12. The fourth-order valence-electron chi connectivity index (χ4n) is 2.02. The average Bonchev–Trinajstić information content (AvgIpc) is 2.75. The summed E-state index contributed by atoms with van der Waals surface area (Å²) >= 11 is 1.25. The van der Waals surface area contributed by atoms with Gasteiger partial charge in [-0.1, -0.05) is 6.07 Å². The van der Waals surface area contributed by atoms with Crippen LogP contribution in [0.4, 0.5) is 10.2 Å². The van der Waals surface area contributed by atoms with Crippen LogP contribution in [0, 0.1) is 5.82 Å². The normalized spacial score (nSPS) is 16.9. The lowest BCUT2D eigenvalue weighted by Crippen LogP contribution is -2.43. The van der Waals surface area contributed by atoms with Gasteiger partial charge in [-0.15, -0.1) is 0 Å². The zero-order chi connectivity index (χ0) is 11.0. The number of piperazine rings is 1. The van der Waals surface area contributed by atoms with Crippen LogP contribution in [0.1, 0.15) is 0 Å². The van der Waals surface area contributed by atoms with Gasteiger partial charge in [-0.05, 0) is 23.7 Å². The Balaban J connectivity index is 2.06. The van der Waals surface area contributed by atoms with E-state index in [9.17, 15) is 4.39 Å². The first-order valence-electron chi connectivity index (χ1n) is 5.36. The Morgan fingerprint density at radius 1 is 1.31 bits per heavy atom. The minimum Gasteiger partial charge on any atom is -0.353 e. The van der Waals surface area contributed by atoms with Crippen molar-refractivity contribution in [1.29, 1.82) is 0 Å². The molecule has 1 fully saturated rings. The summed E-state index contributed by atoms with van der Waals surface area (Å²) in [7, 11) is 0. The molecule has 0 atom stereocenters. The van der Waals surface area contributed by atoms with Crippen molar-refractivity contribution in [2.75, 3.05) is 31.1 Å². The number of aromatic nitrogens is 1. The second-order valence-electron chi connectivity index (χ2n) is 3.86. The van der Waals surface area contributed by atoms with Crippen molar-refractivity contribution in [3.63, 3.8) is 0 Å². The molecule has 0 amide bonds. The molecule has 84 valence electrons. The number of anilines is 1. The quantitative estimate of drug-likeness (QED) is 0.820. The van der Waals surface area contributed by atoms with Gasteiger partial charge < -0.3 is 10.2 Å². The lowest BCUT2D eigenvalue weighted by Gasteiger charge is -2.27. The van der Waals surface area contributed by atoms with Gasteiger partial charge in [0.15, 0.2) is 0 Å². The van der Waals surface area contributed by atoms with Crippen LogP contribution in [-0.2, 0) is 0 Å². The molecule has 0 aliphatic carbocycles. The monoisotopic (exact) mass is 237 g/mol. The van der Waals surface area contributed by atoms with Crippen LogP contribution < -0.4 is 10.2 Å². The van der Waals surface area contributed by atoms with E-state index in [0.29, 0.717) is 4.70 Å². The Bertz CT molecular complexity index is 505. The minimum absolute atomic E-state index is 0.170. The van der Waals surface area contributed by atoms with E-state index in [1.807, 2.05) is 6.07 Å². The largest absolute Gasteiger partial charge is 0.353 e. The van der Waals surface area contributed by atoms with Crippen molar-refractivity contribution in [2.24, 2.45) is 0 Å². The highest BCUT2D eigenvalue weighted by atomic mass is 32.1. The van der Waals surface area contributed by atoms with Gasteiger partial charge in [-0.25, -0.2) is 4.39 Å². The van der Waals surface area contributed by atoms with Crippen molar-refractivity contribution in [3.05, 3.63) is 24.0 Å². The maximum Gasteiger partial charge on any atom is 0.150 e. The lowest BCUT2D eigenvalue weighted by molar-refractivity contribution is 0.587. The highest BCUT2D eigenvalue weighted by Gasteiger charge is 2.17. The molecule has 1 aromatic carbocycles. The predicted molar refractivity (Wildman–Crippen MR) is 64.7 cm³/mol. The van der Waals surface area contributed by atoms with Crippen LogP contribution in [0.2, 0.25) is 0 Å². The standard InChI is InChI=1S/C11H12FN3S/c12-9-3-1-2-8-10(9)16-14-11(8)15-6-4-13-5-7-15/h1-3,13H,4-7H2. The van der Waals surface area contributed by atoms with Crippen LogP contribution in [0.3, 0.4) is 0 Å². The van der Waals surface area contributed by atoms with Crippen molar-refractivity contribution < 1.29 is 4.39 Å². The van der Waals surface area contributed by atoms with Gasteiger partial charge in [0.1, 0.15) is 11.6 Å². The summed E-state index contributed by atoms with van der Waals surface area (Å²) in [6, 6.07) is 5.18. The molecule has 0 saturated carbocycles. The highest BCUT2D eigenvalue weighted by molar-refractivity contribution is 7.13. The number of fused-ring (bicyclic) bond motifs is 1. The molecule has 2 heterocycles. The maximum atomic E-state index is 13.5. The summed E-state index contributed by atoms with van der Waals surface area (Å²) in [6.45, 7) is 3.81. The number of nitrogens with zero attached hydrogens (tertiary/aromatic N) is 2. The highest BCUT2D eigenvalue weighted by Crippen LogP contribution is 2.31. The fourth-order valence-corrected chi connectivity index (χ4v) is 2.82. The molecule has 1 aliphatic rings. The zero-order valence-electron chi connectivity index (χ0n) is 8.74. The molecule has 1 saturated heterocycles. The number of rotatable bonds is 1. The molecule has 0 spiro atoms. The van der Waals surface area contributed by atoms with Crippen molar-refractivity contribution in [2.45, 2.75) is 0 Å². The third-order valence-corrected chi connectivity index (χ3v) is 3.71. The van der Waals surface area contributed by atoms with Gasteiger partial charge >= 0.3 is 0 Å². The smallest absolute Gasteiger partial charge is 0.150 e. The molecule has 3 nitrogen and oxygen atoms in total. The fraction of sp³-hybridized carbons (Fsp3) is 0.364. The van der Waals surface area contributed by atoms with Gasteiger partial charge in [0, 0.05) is 31.6 Å². The molecule has 1 N–H and O–H groups in total. The molecule has 0 unspecified atom stereocenters. The van der Waals surface area contributed by atoms with Crippen molar-refractivity contribution in [3.8, 4) is 0 Å². The Morgan fingerprint density at radius 2 is 2.12 bits per heavy atom. The molecule has 16 heavy (non-hydrogen) atoms. The van der Waals surface area contributed by atoms with E-state index in [1.54, 1.807) is 6.07 Å². The second kappa shape index (κ2) is 3.99. The third kappa shape index (κ3) is 1.56. The van der Waals surface area contributed by atoms with Crippen molar-refractivity contribution >= 4 is 27.4 Å². The first kappa shape index (κ1) is 9.99. The van der Waals surface area contributed by atoms with Crippen LogP contribution in [0.25, 0.3) is 10.1 Å². The summed E-state index contributed by atoms with van der Waals surface area (Å²) < 4.78 is 18.5. The summed E-state index contributed by atoms with van der Waals surface area (Å²) in [4.78, 5) is 2.22. The molecule has 0 bridgehead atoms. The average molecular weight is 237 g/mol. The first-order valence-corrected chi connectivity index (χ1v) is 6.13. The van der Waals surface area contributed by atoms with Crippen LogP contribution in [-0.4, -0.2) is 30.6 Å². The van der Waals surface area contributed by atoms with Crippen LogP contribution in [0.15, 0.2) is 18.2 Å². The van der Waals surface area contributed by atoms with Crippen LogP contribution in [0.5, 0.6) is 0 Å². The van der Waals surface area contributed by atoms with Gasteiger partial charge in [0.25, 0.3) is 0 Å². The molecule has 2 aromatic rings. The molecule has 1 aliphatic heterocycles. The topological polar surface area (TPSA) is 28.2 Å². The molecule has 3 rings (SSSR count). The number of nitrogens with one attached hydrogen (secondary N) is 1. The van der Waals surface area contributed by atoms with Gasteiger partial charge in [0.05, 0.1) is 4.70 Å². The predicted octanol–water partition coefficient (Wildman–Crippen LogP) is 1.84. The Morgan fingerprint density at radius 3 is 2.94 bits per heavy atom.